The maximum absolute atomic E-state index is 13.0. The second-order valence-electron chi connectivity index (χ2n) is 10.3. The molecular weight excluding hydrogens is 357 g/mol. The highest BCUT2D eigenvalue weighted by Gasteiger charge is 2.76. The fourth-order valence-electron chi connectivity index (χ4n) is 8.22. The zero-order valence-corrected chi connectivity index (χ0v) is 15.9. The van der Waals surface area contributed by atoms with Gasteiger partial charge in [0.15, 0.2) is 0 Å². The fraction of sp³-hybridized carbons (Fsp3) is 0.905. The van der Waals surface area contributed by atoms with Gasteiger partial charge in [0.2, 0.25) is 0 Å². The van der Waals surface area contributed by atoms with Crippen molar-refractivity contribution in [3.8, 4) is 0 Å². The highest BCUT2D eigenvalue weighted by molar-refractivity contribution is 5.87. The van der Waals surface area contributed by atoms with Gasteiger partial charge in [0.25, 0.3) is 0 Å². The summed E-state index contributed by atoms with van der Waals surface area (Å²) in [4.78, 5) is 24.3. The Balaban J connectivity index is 1.50. The van der Waals surface area contributed by atoms with Gasteiger partial charge in [-0.15, -0.1) is 0 Å². The van der Waals surface area contributed by atoms with Crippen LogP contribution in [0, 0.1) is 40.4 Å². The maximum atomic E-state index is 13.0. The van der Waals surface area contributed by atoms with Gasteiger partial charge in [0.05, 0.1) is 0 Å². The lowest BCUT2D eigenvalue weighted by Crippen LogP contribution is -2.61. The number of ketones is 1. The van der Waals surface area contributed by atoms with Crippen LogP contribution in [-0.4, -0.2) is 23.5 Å². The van der Waals surface area contributed by atoms with E-state index in [1.807, 2.05) is 0 Å². The Hall–Kier alpha value is -1.07. The first kappa shape index (κ1) is 18.0. The van der Waals surface area contributed by atoms with Crippen molar-refractivity contribution in [1.82, 2.24) is 0 Å². The summed E-state index contributed by atoms with van der Waals surface area (Å²) >= 11 is 0. The molecule has 3 nitrogen and oxygen atoms in total. The van der Waals surface area contributed by atoms with E-state index in [0.29, 0.717) is 36.4 Å². The van der Waals surface area contributed by atoms with Crippen molar-refractivity contribution in [1.29, 1.82) is 0 Å². The standard InChI is InChI=1S/C21H27F3O3/c1-18-7-6-14-12(13(18)3-4-16(18)25)5-8-20(27-17(26)21(22,23)24)15-9-11(15)10-19(14,20)2/h11-15H,3-10H2,1-2H3/t11-,12?,13?,14?,15-,18+,19-,20+/m0/s1. The zero-order chi connectivity index (χ0) is 19.4. The molecule has 0 aromatic carbocycles. The van der Waals surface area contributed by atoms with Gasteiger partial charge in [0.1, 0.15) is 11.4 Å². The van der Waals surface area contributed by atoms with Gasteiger partial charge in [-0.1, -0.05) is 13.8 Å². The maximum Gasteiger partial charge on any atom is 0.490 e. The third-order valence-electron chi connectivity index (χ3n) is 9.49. The molecule has 8 atom stereocenters. The molecule has 0 aromatic rings. The Morgan fingerprint density at radius 3 is 2.52 bits per heavy atom. The molecule has 0 bridgehead atoms. The van der Waals surface area contributed by atoms with E-state index in [4.69, 9.17) is 4.74 Å². The van der Waals surface area contributed by atoms with E-state index in [0.717, 1.165) is 38.5 Å². The van der Waals surface area contributed by atoms with E-state index in [1.54, 1.807) is 0 Å². The number of rotatable bonds is 1. The quantitative estimate of drug-likeness (QED) is 0.617. The van der Waals surface area contributed by atoms with Crippen LogP contribution in [0.2, 0.25) is 0 Å². The lowest BCUT2D eigenvalue weighted by atomic mass is 9.46. The molecule has 0 N–H and O–H groups in total. The summed E-state index contributed by atoms with van der Waals surface area (Å²) < 4.78 is 44.4. The van der Waals surface area contributed by atoms with Gasteiger partial charge < -0.3 is 4.74 Å². The molecule has 5 fully saturated rings. The van der Waals surface area contributed by atoms with Crippen LogP contribution in [0.1, 0.15) is 65.2 Å². The first-order valence-corrected chi connectivity index (χ1v) is 10.4. The van der Waals surface area contributed by atoms with E-state index < -0.39 is 23.2 Å². The first-order chi connectivity index (χ1) is 12.5. The molecule has 3 unspecified atom stereocenters. The molecule has 5 saturated carbocycles. The Morgan fingerprint density at radius 2 is 1.81 bits per heavy atom. The van der Waals surface area contributed by atoms with Crippen molar-refractivity contribution >= 4 is 11.8 Å². The number of alkyl halides is 3. The van der Waals surface area contributed by atoms with Crippen LogP contribution in [-0.2, 0) is 14.3 Å². The Kier molecular flexibility index (Phi) is 3.40. The molecule has 0 amide bonds. The molecule has 5 aliphatic carbocycles. The molecule has 0 aromatic heterocycles. The normalized spacial score (nSPS) is 53.2. The van der Waals surface area contributed by atoms with Crippen molar-refractivity contribution in [2.45, 2.75) is 77.0 Å². The minimum atomic E-state index is -4.94. The predicted molar refractivity (Wildman–Crippen MR) is 90.5 cm³/mol. The van der Waals surface area contributed by atoms with Crippen LogP contribution in [0.4, 0.5) is 13.2 Å². The number of Topliss-reactive ketones (excluding diaryl/α,β-unsaturated/α-hetero) is 1. The van der Waals surface area contributed by atoms with Crippen LogP contribution < -0.4 is 0 Å². The highest BCUT2D eigenvalue weighted by Crippen LogP contribution is 2.76. The van der Waals surface area contributed by atoms with Crippen molar-refractivity contribution in [2.24, 2.45) is 40.4 Å². The van der Waals surface area contributed by atoms with Crippen LogP contribution in [0.5, 0.6) is 0 Å². The number of halogens is 3. The topological polar surface area (TPSA) is 43.4 Å². The lowest BCUT2D eigenvalue weighted by Gasteiger charge is -2.60. The molecule has 0 heterocycles. The van der Waals surface area contributed by atoms with Crippen LogP contribution in [0.3, 0.4) is 0 Å². The summed E-state index contributed by atoms with van der Waals surface area (Å²) in [5.74, 6) is -0.197. The number of carbonyl (C=O) groups excluding carboxylic acids is 2. The average molecular weight is 384 g/mol. The second kappa shape index (κ2) is 5.10. The summed E-state index contributed by atoms with van der Waals surface area (Å²) in [6.45, 7) is 4.18. The van der Waals surface area contributed by atoms with Crippen molar-refractivity contribution in [3.05, 3.63) is 0 Å². The van der Waals surface area contributed by atoms with Crippen molar-refractivity contribution in [3.63, 3.8) is 0 Å². The first-order valence-electron chi connectivity index (χ1n) is 10.4. The van der Waals surface area contributed by atoms with Gasteiger partial charge in [-0.25, -0.2) is 4.79 Å². The van der Waals surface area contributed by atoms with Crippen molar-refractivity contribution < 1.29 is 27.5 Å². The van der Waals surface area contributed by atoms with E-state index in [1.165, 1.54) is 0 Å². The van der Waals surface area contributed by atoms with Crippen LogP contribution in [0.15, 0.2) is 0 Å². The minimum Gasteiger partial charge on any atom is -0.452 e. The van der Waals surface area contributed by atoms with Crippen molar-refractivity contribution in [2.75, 3.05) is 0 Å². The Labute approximate surface area is 157 Å². The largest absolute Gasteiger partial charge is 0.490 e. The number of carbonyl (C=O) groups is 2. The number of fused-ring (bicyclic) bond motifs is 7. The summed E-state index contributed by atoms with van der Waals surface area (Å²) in [5, 5.41) is 0. The Bertz CT molecular complexity index is 718. The molecule has 0 radical (unpaired) electrons. The smallest absolute Gasteiger partial charge is 0.452 e. The van der Waals surface area contributed by atoms with Gasteiger partial charge >= 0.3 is 12.1 Å². The molecule has 150 valence electrons. The number of ether oxygens (including phenoxy) is 1. The summed E-state index contributed by atoms with van der Waals surface area (Å²) in [6.07, 6.45) is 1.35. The minimum absolute atomic E-state index is 0.0910. The molecular formula is C21H27F3O3. The molecule has 0 aliphatic heterocycles. The van der Waals surface area contributed by atoms with E-state index in [9.17, 15) is 22.8 Å². The van der Waals surface area contributed by atoms with E-state index in [2.05, 4.69) is 13.8 Å². The Morgan fingerprint density at radius 1 is 1.07 bits per heavy atom. The monoisotopic (exact) mass is 384 g/mol. The molecule has 6 heteroatoms. The average Bonchev–Trinajstić information content (AvgIpc) is 3.20. The second-order valence-corrected chi connectivity index (χ2v) is 10.3. The van der Waals surface area contributed by atoms with Crippen LogP contribution in [0.25, 0.3) is 0 Å². The molecule has 5 aliphatic rings. The number of esters is 1. The zero-order valence-electron chi connectivity index (χ0n) is 15.9. The van der Waals surface area contributed by atoms with E-state index in [-0.39, 0.29) is 17.3 Å². The molecule has 0 spiro atoms. The third kappa shape index (κ3) is 2.10. The third-order valence-corrected chi connectivity index (χ3v) is 9.49. The molecule has 0 saturated heterocycles. The summed E-state index contributed by atoms with van der Waals surface area (Å²) in [5.41, 5.74) is -1.60. The lowest BCUT2D eigenvalue weighted by molar-refractivity contribution is -0.244. The SMILES string of the molecule is C[C@@]12CCC3C(CC[C@@]4(OC(=O)C(F)(F)F)[C@H]5C[C@H]5C[C@@]34C)C1CCC2=O. The molecule has 27 heavy (non-hydrogen) atoms. The van der Waals surface area contributed by atoms with Gasteiger partial charge in [-0.2, -0.15) is 13.2 Å². The predicted octanol–water partition coefficient (Wildman–Crippen LogP) is 4.68. The van der Waals surface area contributed by atoms with Crippen LogP contribution >= 0.6 is 0 Å². The van der Waals surface area contributed by atoms with Gasteiger partial charge in [-0.3, -0.25) is 4.79 Å². The fourth-order valence-corrected chi connectivity index (χ4v) is 8.22. The van der Waals surface area contributed by atoms with Gasteiger partial charge in [0, 0.05) is 23.2 Å². The van der Waals surface area contributed by atoms with Gasteiger partial charge in [-0.05, 0) is 68.6 Å². The summed E-state index contributed by atoms with van der Waals surface area (Å²) in [7, 11) is 0. The van der Waals surface area contributed by atoms with E-state index >= 15 is 0 Å². The number of hydrogen-bond donors (Lipinski definition) is 0. The summed E-state index contributed by atoms with van der Waals surface area (Å²) in [6, 6.07) is 0. The molecule has 5 rings (SSSR count). The number of hydrogen-bond acceptors (Lipinski definition) is 3. The highest BCUT2D eigenvalue weighted by atomic mass is 19.4.